The number of hydrogen-bond donors (Lipinski definition) is 0. The fraction of sp³-hybridized carbons (Fsp3) is 1.00. The molecule has 0 aliphatic rings. The molecule has 0 spiro atoms. The fourth-order valence-corrected chi connectivity index (χ4v) is 4.76. The lowest BCUT2D eigenvalue weighted by Crippen LogP contribution is -2.54. The Bertz CT molecular complexity index is 322. The number of hydrogen-bond acceptors (Lipinski definition) is 4. The van der Waals surface area contributed by atoms with Crippen molar-refractivity contribution >= 4 is 148 Å². The first-order valence-corrected chi connectivity index (χ1v) is 11.8. The maximum atomic E-state index is 5.64. The van der Waals surface area contributed by atoms with Gasteiger partial charge in [-0.2, -0.15) is 0 Å². The third-order valence-electron chi connectivity index (χ3n) is 1.65. The molecule has 0 amide bonds. The van der Waals surface area contributed by atoms with Crippen molar-refractivity contribution in [2.75, 3.05) is 26.4 Å². The molecule has 0 aliphatic heterocycles. The number of alkyl halides is 12. The maximum Gasteiger partial charge on any atom is 0.680 e. The molecule has 17 heteroatoms. The zero-order chi connectivity index (χ0) is 20.2. The van der Waals surface area contributed by atoms with Gasteiger partial charge in [-0.3, -0.25) is 0 Å². The average Bonchev–Trinajstić information content (AvgIpc) is 2.33. The first-order chi connectivity index (χ1) is 10.8. The van der Waals surface area contributed by atoms with E-state index in [2.05, 4.69) is 0 Å². The Morgan fingerprint density at radius 2 is 0.560 bits per heavy atom. The van der Waals surface area contributed by atoms with E-state index in [0.717, 1.165) is 0 Å². The van der Waals surface area contributed by atoms with Gasteiger partial charge in [0.1, 0.15) is 0 Å². The van der Waals surface area contributed by atoms with Crippen LogP contribution in [0.15, 0.2) is 0 Å². The SMILES string of the molecule is ClC(Cl)(Cl)CO[Si](OCC(Cl)(Cl)Cl)(OCC(Cl)(Cl)Cl)OCC(Cl)(Cl)Cl. The van der Waals surface area contributed by atoms with Crippen molar-refractivity contribution in [3.63, 3.8) is 0 Å². The molecule has 0 aliphatic carbocycles. The summed E-state index contributed by atoms with van der Waals surface area (Å²) < 4.78 is 13.8. The highest BCUT2D eigenvalue weighted by molar-refractivity contribution is 6.70. The Kier molecular flexibility index (Phi) is 12.8. The molecule has 4 nitrogen and oxygen atoms in total. The van der Waals surface area contributed by atoms with Crippen molar-refractivity contribution in [3.8, 4) is 0 Å². The summed E-state index contributed by atoms with van der Waals surface area (Å²) in [6.07, 6.45) is 0. The van der Waals surface area contributed by atoms with Crippen LogP contribution in [-0.2, 0) is 17.7 Å². The van der Waals surface area contributed by atoms with Gasteiger partial charge in [0.15, 0.2) is 0 Å². The minimum atomic E-state index is -4.25. The van der Waals surface area contributed by atoms with Gasteiger partial charge in [0.2, 0.25) is 15.2 Å². The Morgan fingerprint density at radius 1 is 0.400 bits per heavy atom. The third kappa shape index (κ3) is 18.1. The summed E-state index contributed by atoms with van der Waals surface area (Å²) in [6.45, 7) is -2.21. The lowest BCUT2D eigenvalue weighted by molar-refractivity contribution is -0.0315. The molecule has 0 bridgehead atoms. The minimum absolute atomic E-state index is 0.552. The van der Waals surface area contributed by atoms with Gasteiger partial charge in [0.25, 0.3) is 0 Å². The molecule has 0 aromatic heterocycles. The molecular weight excluding hydrogens is 614 g/mol. The van der Waals surface area contributed by atoms with Crippen LogP contribution in [0, 0.1) is 0 Å². The van der Waals surface area contributed by atoms with E-state index in [0.29, 0.717) is 0 Å². The zero-order valence-electron chi connectivity index (χ0n) is 11.5. The molecular formula is C8H8Cl12O4Si. The van der Waals surface area contributed by atoms with E-state index in [9.17, 15) is 0 Å². The van der Waals surface area contributed by atoms with Crippen molar-refractivity contribution in [2.45, 2.75) is 15.2 Å². The van der Waals surface area contributed by atoms with Crippen LogP contribution in [0.2, 0.25) is 0 Å². The van der Waals surface area contributed by atoms with Gasteiger partial charge < -0.3 is 17.7 Å². The summed E-state index contributed by atoms with van der Waals surface area (Å²) in [4.78, 5) is 0. The summed E-state index contributed by atoms with van der Waals surface area (Å²) >= 11 is 67.6. The first-order valence-electron chi connectivity index (χ1n) is 5.65. The highest BCUT2D eigenvalue weighted by Crippen LogP contribution is 2.35. The van der Waals surface area contributed by atoms with Crippen LogP contribution < -0.4 is 0 Å². The molecule has 0 unspecified atom stereocenters. The predicted octanol–water partition coefficient (Wildman–Crippen LogP) is 6.97. The van der Waals surface area contributed by atoms with Crippen molar-refractivity contribution in [2.24, 2.45) is 0 Å². The van der Waals surface area contributed by atoms with Crippen molar-refractivity contribution in [1.82, 2.24) is 0 Å². The first kappa shape index (κ1) is 28.5. The second-order valence-electron chi connectivity index (χ2n) is 4.12. The van der Waals surface area contributed by atoms with Crippen LogP contribution in [-0.4, -0.2) is 50.6 Å². The molecule has 0 radical (unpaired) electrons. The molecule has 152 valence electrons. The summed E-state index contributed by atoms with van der Waals surface area (Å²) in [7, 11) is -4.25. The van der Waals surface area contributed by atoms with Gasteiger partial charge in [-0.05, 0) is 0 Å². The van der Waals surface area contributed by atoms with Crippen molar-refractivity contribution in [1.29, 1.82) is 0 Å². The van der Waals surface area contributed by atoms with E-state index in [1.54, 1.807) is 0 Å². The van der Waals surface area contributed by atoms with Crippen LogP contribution in [0.3, 0.4) is 0 Å². The molecule has 0 aromatic carbocycles. The molecule has 0 rings (SSSR count). The molecule has 0 fully saturated rings. The molecule has 0 heterocycles. The van der Waals surface area contributed by atoms with Crippen LogP contribution in [0.4, 0.5) is 0 Å². The average molecular weight is 622 g/mol. The van der Waals surface area contributed by atoms with Gasteiger partial charge in [-0.1, -0.05) is 139 Å². The van der Waals surface area contributed by atoms with E-state index in [-0.39, 0.29) is 0 Å². The van der Waals surface area contributed by atoms with Crippen LogP contribution in [0.25, 0.3) is 0 Å². The maximum absolute atomic E-state index is 5.64. The molecule has 0 saturated heterocycles. The zero-order valence-corrected chi connectivity index (χ0v) is 21.6. The Hall–Kier alpha value is 3.54. The highest BCUT2D eigenvalue weighted by Gasteiger charge is 2.51. The topological polar surface area (TPSA) is 36.9 Å². The van der Waals surface area contributed by atoms with Gasteiger partial charge in [0.05, 0.1) is 26.4 Å². The molecule has 25 heavy (non-hydrogen) atoms. The molecule has 0 aromatic rings. The largest absolute Gasteiger partial charge is 0.680 e. The van der Waals surface area contributed by atoms with Crippen LogP contribution >= 0.6 is 139 Å². The van der Waals surface area contributed by atoms with Crippen LogP contribution in [0.1, 0.15) is 0 Å². The summed E-state index contributed by atoms with van der Waals surface area (Å²) in [6, 6.07) is 0. The van der Waals surface area contributed by atoms with Gasteiger partial charge in [-0.25, -0.2) is 0 Å². The predicted molar refractivity (Wildman–Crippen MR) is 111 cm³/mol. The van der Waals surface area contributed by atoms with E-state index < -0.39 is 50.6 Å². The summed E-state index contributed by atoms with van der Waals surface area (Å²) in [5, 5.41) is 0. The molecule has 0 N–H and O–H groups in total. The van der Waals surface area contributed by atoms with E-state index in [1.807, 2.05) is 0 Å². The smallest absolute Gasteiger partial charge is 0.347 e. The monoisotopic (exact) mass is 616 g/mol. The van der Waals surface area contributed by atoms with Gasteiger partial charge >= 0.3 is 9.05 Å². The van der Waals surface area contributed by atoms with Gasteiger partial charge in [-0.15, -0.1) is 0 Å². The van der Waals surface area contributed by atoms with Crippen molar-refractivity contribution in [3.05, 3.63) is 0 Å². The van der Waals surface area contributed by atoms with E-state index >= 15 is 0 Å². The van der Waals surface area contributed by atoms with Crippen molar-refractivity contribution < 1.29 is 17.7 Å². The normalized spacial score (nSPS) is 14.9. The Labute approximate surface area is 205 Å². The third-order valence-corrected chi connectivity index (χ3v) is 4.95. The molecule has 0 atom stereocenters. The Morgan fingerprint density at radius 3 is 0.680 bits per heavy atom. The van der Waals surface area contributed by atoms with Gasteiger partial charge in [0, 0.05) is 0 Å². The summed E-state index contributed by atoms with van der Waals surface area (Å²) in [5.41, 5.74) is 0. The quantitative estimate of drug-likeness (QED) is 0.217. The lowest BCUT2D eigenvalue weighted by atomic mass is 10.8. The second-order valence-corrected chi connectivity index (χ2v) is 16.3. The number of halogens is 12. The minimum Gasteiger partial charge on any atom is -0.347 e. The lowest BCUT2D eigenvalue weighted by Gasteiger charge is -2.32. The van der Waals surface area contributed by atoms with E-state index in [4.69, 9.17) is 157 Å². The number of rotatable bonds is 8. The molecule has 0 saturated carbocycles. The summed E-state index contributed by atoms with van der Waals surface area (Å²) in [5.74, 6) is 0. The standard InChI is InChI=1S/C8H8Cl12O4Si/c9-5(10,11)1-21-25(22-2-6(12,13)14,23-3-7(15,16)17)24-4-8(18,19)20/h1-4H2. The fourth-order valence-electron chi connectivity index (χ4n) is 0.931. The van der Waals surface area contributed by atoms with Crippen LogP contribution in [0.5, 0.6) is 0 Å². The second kappa shape index (κ2) is 11.2. The highest BCUT2D eigenvalue weighted by atomic mass is 35.6. The Balaban J connectivity index is 5.41. The van der Waals surface area contributed by atoms with E-state index in [1.165, 1.54) is 0 Å².